The Balaban J connectivity index is 1.69. The van der Waals surface area contributed by atoms with Crippen molar-refractivity contribution >= 4 is 11.9 Å². The monoisotopic (exact) mass is 308 g/mol. The normalized spacial score (nSPS) is 14.2. The second-order valence-electron chi connectivity index (χ2n) is 5.81. The Morgan fingerprint density at radius 1 is 1.09 bits per heavy atom. The van der Waals surface area contributed by atoms with Crippen molar-refractivity contribution in [1.29, 1.82) is 0 Å². The van der Waals surface area contributed by atoms with Gasteiger partial charge >= 0.3 is 5.97 Å². The van der Waals surface area contributed by atoms with Crippen LogP contribution in [0, 0.1) is 0 Å². The molecule has 22 heavy (non-hydrogen) atoms. The molecule has 1 aliphatic rings. The summed E-state index contributed by atoms with van der Waals surface area (Å²) in [5.41, 5.74) is 1.43. The molecular formula is C16H24N2O4. The molecule has 1 amide bonds. The first-order chi connectivity index (χ1) is 10.7. The van der Waals surface area contributed by atoms with Crippen LogP contribution < -0.4 is 5.32 Å². The highest BCUT2D eigenvalue weighted by Gasteiger charge is 2.22. The summed E-state index contributed by atoms with van der Waals surface area (Å²) in [6, 6.07) is 0. The van der Waals surface area contributed by atoms with E-state index in [-0.39, 0.29) is 12.3 Å². The zero-order chi connectivity index (χ0) is 15.8. The van der Waals surface area contributed by atoms with Gasteiger partial charge in [0.25, 0.3) is 5.91 Å². The van der Waals surface area contributed by atoms with Crippen molar-refractivity contribution in [2.45, 2.75) is 64.2 Å². The summed E-state index contributed by atoms with van der Waals surface area (Å²) in [4.78, 5) is 22.5. The second-order valence-corrected chi connectivity index (χ2v) is 5.81. The summed E-state index contributed by atoms with van der Waals surface area (Å²) in [7, 11) is 0. The molecule has 2 rings (SSSR count). The largest absolute Gasteiger partial charge is 0.481 e. The van der Waals surface area contributed by atoms with Gasteiger partial charge in [-0.05, 0) is 32.1 Å². The van der Waals surface area contributed by atoms with Gasteiger partial charge in [0.1, 0.15) is 5.76 Å². The number of carbonyl (C=O) groups excluding carboxylic acids is 1. The van der Waals surface area contributed by atoms with Gasteiger partial charge in [-0.2, -0.15) is 0 Å². The maximum Gasteiger partial charge on any atom is 0.303 e. The Morgan fingerprint density at radius 3 is 2.68 bits per heavy atom. The van der Waals surface area contributed by atoms with Crippen LogP contribution in [-0.2, 0) is 17.6 Å². The SMILES string of the molecule is O=C(O)CCCCCCNC(=O)c1noc2c1CCCCC2. The highest BCUT2D eigenvalue weighted by molar-refractivity contribution is 5.93. The lowest BCUT2D eigenvalue weighted by Crippen LogP contribution is -2.25. The molecule has 0 aromatic carbocycles. The minimum atomic E-state index is -0.750. The number of carboxylic acids is 1. The van der Waals surface area contributed by atoms with E-state index in [1.807, 2.05) is 0 Å². The maximum atomic E-state index is 12.2. The molecule has 0 saturated heterocycles. The van der Waals surface area contributed by atoms with E-state index in [1.54, 1.807) is 0 Å². The predicted octanol–water partition coefficient (Wildman–Crippen LogP) is 2.71. The molecule has 0 atom stereocenters. The number of hydrogen-bond donors (Lipinski definition) is 2. The quantitative estimate of drug-likeness (QED) is 0.569. The number of nitrogens with zero attached hydrogens (tertiary/aromatic N) is 1. The Labute approximate surface area is 130 Å². The first-order valence-electron chi connectivity index (χ1n) is 8.16. The third-order valence-corrected chi connectivity index (χ3v) is 4.02. The first kappa shape index (κ1) is 16.5. The molecule has 6 heteroatoms. The number of aromatic nitrogens is 1. The van der Waals surface area contributed by atoms with Crippen LogP contribution in [0.15, 0.2) is 4.52 Å². The third kappa shape index (κ3) is 4.86. The predicted molar refractivity (Wildman–Crippen MR) is 80.8 cm³/mol. The number of aliphatic carboxylic acids is 1. The average molecular weight is 308 g/mol. The highest BCUT2D eigenvalue weighted by atomic mass is 16.5. The topological polar surface area (TPSA) is 92.4 Å². The fourth-order valence-electron chi connectivity index (χ4n) is 2.78. The van der Waals surface area contributed by atoms with Crippen molar-refractivity contribution in [3.05, 3.63) is 17.0 Å². The molecule has 0 aliphatic heterocycles. The molecule has 1 aromatic heterocycles. The van der Waals surface area contributed by atoms with E-state index in [0.717, 1.165) is 56.3 Å². The van der Waals surface area contributed by atoms with Gasteiger partial charge in [0.2, 0.25) is 0 Å². The fraction of sp³-hybridized carbons (Fsp3) is 0.688. The number of rotatable bonds is 8. The van der Waals surface area contributed by atoms with Gasteiger partial charge in [-0.3, -0.25) is 9.59 Å². The highest BCUT2D eigenvalue weighted by Crippen LogP contribution is 2.23. The number of fused-ring (bicyclic) bond motifs is 1. The van der Waals surface area contributed by atoms with Crippen molar-refractivity contribution in [3.63, 3.8) is 0 Å². The molecule has 0 fully saturated rings. The summed E-state index contributed by atoms with van der Waals surface area (Å²) in [6.45, 7) is 0.591. The summed E-state index contributed by atoms with van der Waals surface area (Å²) >= 11 is 0. The van der Waals surface area contributed by atoms with Crippen LogP contribution in [0.1, 0.15) is 73.2 Å². The Kier molecular flexibility index (Phi) is 6.43. The van der Waals surface area contributed by atoms with Crippen molar-refractivity contribution in [3.8, 4) is 0 Å². The van der Waals surface area contributed by atoms with Gasteiger partial charge < -0.3 is 14.9 Å². The van der Waals surface area contributed by atoms with E-state index < -0.39 is 5.97 Å². The molecule has 2 N–H and O–H groups in total. The molecule has 122 valence electrons. The summed E-state index contributed by atoms with van der Waals surface area (Å²) < 4.78 is 5.30. The van der Waals surface area contributed by atoms with Crippen LogP contribution in [0.2, 0.25) is 0 Å². The summed E-state index contributed by atoms with van der Waals surface area (Å²) in [5, 5.41) is 15.4. The molecule has 1 aliphatic carbocycles. The van der Waals surface area contributed by atoms with Crippen LogP contribution in [0.4, 0.5) is 0 Å². The molecule has 0 bridgehead atoms. The first-order valence-corrected chi connectivity index (χ1v) is 8.16. The molecule has 0 spiro atoms. The van der Waals surface area contributed by atoms with Gasteiger partial charge in [0.05, 0.1) is 0 Å². The van der Waals surface area contributed by atoms with Crippen LogP contribution in [0.3, 0.4) is 0 Å². The van der Waals surface area contributed by atoms with Crippen molar-refractivity contribution in [1.82, 2.24) is 10.5 Å². The maximum absolute atomic E-state index is 12.2. The Morgan fingerprint density at radius 2 is 1.86 bits per heavy atom. The average Bonchev–Trinajstić information content (AvgIpc) is 2.75. The van der Waals surface area contributed by atoms with E-state index >= 15 is 0 Å². The number of hydrogen-bond acceptors (Lipinski definition) is 4. The van der Waals surface area contributed by atoms with Crippen LogP contribution in [-0.4, -0.2) is 28.7 Å². The van der Waals surface area contributed by atoms with Crippen LogP contribution >= 0.6 is 0 Å². The standard InChI is InChI=1S/C16H24N2O4/c19-14(20)10-6-1-2-7-11-17-16(21)15-12-8-4-3-5-9-13(12)22-18-15/h1-11H2,(H,17,21)(H,19,20). The van der Waals surface area contributed by atoms with Crippen LogP contribution in [0.25, 0.3) is 0 Å². The Hall–Kier alpha value is -1.85. The number of amides is 1. The fourth-order valence-corrected chi connectivity index (χ4v) is 2.78. The smallest absolute Gasteiger partial charge is 0.303 e. The van der Waals surface area contributed by atoms with Gasteiger partial charge in [-0.15, -0.1) is 0 Å². The molecule has 1 aromatic rings. The lowest BCUT2D eigenvalue weighted by atomic mass is 10.1. The van der Waals surface area contributed by atoms with E-state index in [0.29, 0.717) is 18.7 Å². The van der Waals surface area contributed by atoms with Crippen LogP contribution in [0.5, 0.6) is 0 Å². The van der Waals surface area contributed by atoms with Crippen molar-refractivity contribution < 1.29 is 19.2 Å². The minimum absolute atomic E-state index is 0.155. The lowest BCUT2D eigenvalue weighted by Gasteiger charge is -2.04. The zero-order valence-corrected chi connectivity index (χ0v) is 12.9. The zero-order valence-electron chi connectivity index (χ0n) is 12.9. The molecule has 0 radical (unpaired) electrons. The molecule has 0 saturated carbocycles. The second kappa shape index (κ2) is 8.56. The van der Waals surface area contributed by atoms with E-state index in [9.17, 15) is 9.59 Å². The number of carbonyl (C=O) groups is 2. The van der Waals surface area contributed by atoms with E-state index in [4.69, 9.17) is 9.63 Å². The van der Waals surface area contributed by atoms with E-state index in [1.165, 1.54) is 6.42 Å². The molecule has 1 heterocycles. The third-order valence-electron chi connectivity index (χ3n) is 4.02. The molecular weight excluding hydrogens is 284 g/mol. The van der Waals surface area contributed by atoms with Crippen molar-refractivity contribution in [2.24, 2.45) is 0 Å². The Bertz CT molecular complexity index is 510. The van der Waals surface area contributed by atoms with Gasteiger partial charge in [0.15, 0.2) is 5.69 Å². The summed E-state index contributed by atoms with van der Waals surface area (Å²) in [6.07, 6.45) is 8.66. The molecule has 0 unspecified atom stereocenters. The summed E-state index contributed by atoms with van der Waals surface area (Å²) in [5.74, 6) is -0.0335. The lowest BCUT2D eigenvalue weighted by molar-refractivity contribution is -0.137. The van der Waals surface area contributed by atoms with Gasteiger partial charge in [0, 0.05) is 24.9 Å². The number of carboxylic acid groups (broad SMARTS) is 1. The van der Waals surface area contributed by atoms with Gasteiger partial charge in [-0.1, -0.05) is 24.4 Å². The number of nitrogens with one attached hydrogen (secondary N) is 1. The molecule has 6 nitrogen and oxygen atoms in total. The number of unbranched alkanes of at least 4 members (excludes halogenated alkanes) is 3. The minimum Gasteiger partial charge on any atom is -0.481 e. The van der Waals surface area contributed by atoms with Crippen molar-refractivity contribution in [2.75, 3.05) is 6.54 Å². The number of aryl methyl sites for hydroxylation is 1. The van der Waals surface area contributed by atoms with E-state index in [2.05, 4.69) is 10.5 Å². The van der Waals surface area contributed by atoms with Gasteiger partial charge in [-0.25, -0.2) is 0 Å².